The van der Waals surface area contributed by atoms with Gasteiger partial charge in [0.2, 0.25) is 0 Å². The van der Waals surface area contributed by atoms with E-state index in [4.69, 9.17) is 5.73 Å². The highest BCUT2D eigenvalue weighted by Gasteiger charge is 2.34. The maximum absolute atomic E-state index is 13.1. The first-order chi connectivity index (χ1) is 9.74. The second kappa shape index (κ2) is 5.27. The van der Waals surface area contributed by atoms with Gasteiger partial charge in [-0.25, -0.2) is 4.98 Å². The minimum atomic E-state index is -4.50. The molecule has 0 aliphatic heterocycles. The molecule has 2 aromatic rings. The standard InChI is InChI=1S/C15H16F3N3/c1-4-5-11-6-12(21-8-9(2)20-10(21)3)7-13(14(11)19)15(16,17)18/h4-8H,19H2,1-3H3/b5-4+. The zero-order valence-corrected chi connectivity index (χ0v) is 12.0. The Morgan fingerprint density at radius 3 is 2.38 bits per heavy atom. The monoisotopic (exact) mass is 295 g/mol. The number of aromatic nitrogens is 2. The molecule has 0 unspecified atom stereocenters. The largest absolute Gasteiger partial charge is 0.418 e. The molecule has 0 fully saturated rings. The van der Waals surface area contributed by atoms with Crippen LogP contribution in [0.4, 0.5) is 18.9 Å². The minimum Gasteiger partial charge on any atom is -0.398 e. The van der Waals surface area contributed by atoms with Crippen LogP contribution in [0.15, 0.2) is 24.4 Å². The zero-order valence-electron chi connectivity index (χ0n) is 12.0. The Balaban J connectivity index is 2.73. The summed E-state index contributed by atoms with van der Waals surface area (Å²) in [7, 11) is 0. The minimum absolute atomic E-state index is 0.265. The van der Waals surface area contributed by atoms with Gasteiger partial charge in [0.05, 0.1) is 16.9 Å². The van der Waals surface area contributed by atoms with Crippen molar-refractivity contribution in [1.29, 1.82) is 0 Å². The zero-order chi connectivity index (χ0) is 15.8. The summed E-state index contributed by atoms with van der Waals surface area (Å²) in [6.07, 6.45) is 0.412. The molecule has 21 heavy (non-hydrogen) atoms. The number of hydrogen-bond acceptors (Lipinski definition) is 2. The molecule has 0 amide bonds. The van der Waals surface area contributed by atoms with Gasteiger partial charge >= 0.3 is 6.18 Å². The lowest BCUT2D eigenvalue weighted by Gasteiger charge is -2.15. The number of benzene rings is 1. The fraction of sp³-hybridized carbons (Fsp3) is 0.267. The first-order valence-corrected chi connectivity index (χ1v) is 6.40. The van der Waals surface area contributed by atoms with Crippen LogP contribution >= 0.6 is 0 Å². The molecule has 0 radical (unpaired) electrons. The van der Waals surface area contributed by atoms with Crippen LogP contribution in [-0.4, -0.2) is 9.55 Å². The van der Waals surface area contributed by atoms with Gasteiger partial charge in [0.15, 0.2) is 0 Å². The summed E-state index contributed by atoms with van der Waals surface area (Å²) < 4.78 is 41.0. The second-order valence-corrected chi connectivity index (χ2v) is 4.79. The summed E-state index contributed by atoms with van der Waals surface area (Å²) in [5.41, 5.74) is 6.02. The molecule has 2 N–H and O–H groups in total. The van der Waals surface area contributed by atoms with E-state index < -0.39 is 11.7 Å². The van der Waals surface area contributed by atoms with Crippen LogP contribution in [0.3, 0.4) is 0 Å². The van der Waals surface area contributed by atoms with E-state index in [-0.39, 0.29) is 5.69 Å². The van der Waals surface area contributed by atoms with Crippen molar-refractivity contribution < 1.29 is 13.2 Å². The molecule has 1 aromatic heterocycles. The summed E-state index contributed by atoms with van der Waals surface area (Å²) in [5.74, 6) is 0.622. The average molecular weight is 295 g/mol. The number of imidazole rings is 1. The van der Waals surface area contributed by atoms with Crippen molar-refractivity contribution in [3.8, 4) is 5.69 Å². The molecule has 6 heteroatoms. The number of nitrogen functional groups attached to an aromatic ring is 1. The van der Waals surface area contributed by atoms with Crippen molar-refractivity contribution >= 4 is 11.8 Å². The van der Waals surface area contributed by atoms with Crippen molar-refractivity contribution in [3.05, 3.63) is 47.1 Å². The van der Waals surface area contributed by atoms with Gasteiger partial charge in [-0.05, 0) is 38.5 Å². The van der Waals surface area contributed by atoms with Crippen LogP contribution in [0.25, 0.3) is 11.8 Å². The average Bonchev–Trinajstić information content (AvgIpc) is 2.70. The van der Waals surface area contributed by atoms with Gasteiger partial charge in [0.25, 0.3) is 0 Å². The molecule has 1 heterocycles. The summed E-state index contributed by atoms with van der Waals surface area (Å²) >= 11 is 0. The fourth-order valence-electron chi connectivity index (χ4n) is 2.23. The van der Waals surface area contributed by atoms with E-state index in [1.54, 1.807) is 49.8 Å². The van der Waals surface area contributed by atoms with Gasteiger partial charge in [-0.2, -0.15) is 13.2 Å². The summed E-state index contributed by atoms with van der Waals surface area (Å²) in [5, 5.41) is 0. The van der Waals surface area contributed by atoms with E-state index >= 15 is 0 Å². The van der Waals surface area contributed by atoms with E-state index in [1.165, 1.54) is 0 Å². The summed E-state index contributed by atoms with van der Waals surface area (Å²) in [6.45, 7) is 5.26. The van der Waals surface area contributed by atoms with E-state index in [0.29, 0.717) is 17.1 Å². The van der Waals surface area contributed by atoms with Crippen molar-refractivity contribution in [2.45, 2.75) is 26.9 Å². The number of nitrogens with zero attached hydrogens (tertiary/aromatic N) is 2. The van der Waals surface area contributed by atoms with E-state index in [1.807, 2.05) is 0 Å². The number of hydrogen-bond donors (Lipinski definition) is 1. The fourth-order valence-corrected chi connectivity index (χ4v) is 2.23. The molecule has 0 bridgehead atoms. The number of aryl methyl sites for hydroxylation is 2. The number of alkyl halides is 3. The van der Waals surface area contributed by atoms with Crippen LogP contribution in [-0.2, 0) is 6.18 Å². The lowest BCUT2D eigenvalue weighted by molar-refractivity contribution is -0.136. The molecule has 0 spiro atoms. The predicted molar refractivity (Wildman–Crippen MR) is 77.2 cm³/mol. The quantitative estimate of drug-likeness (QED) is 0.847. The highest BCUT2D eigenvalue weighted by Crippen LogP contribution is 2.37. The normalized spacial score (nSPS) is 12.3. The highest BCUT2D eigenvalue weighted by molar-refractivity contribution is 5.71. The Bertz CT molecular complexity index is 697. The number of rotatable bonds is 2. The number of halogens is 3. The smallest absolute Gasteiger partial charge is 0.398 e. The molecule has 0 saturated heterocycles. The number of allylic oxidation sites excluding steroid dienone is 1. The van der Waals surface area contributed by atoms with Crippen molar-refractivity contribution in [3.63, 3.8) is 0 Å². The molecule has 0 saturated carbocycles. The summed E-state index contributed by atoms with van der Waals surface area (Å²) in [6, 6.07) is 2.68. The van der Waals surface area contributed by atoms with Crippen molar-refractivity contribution in [2.24, 2.45) is 0 Å². The van der Waals surface area contributed by atoms with Gasteiger partial charge in [-0.1, -0.05) is 12.2 Å². The third-order valence-electron chi connectivity index (χ3n) is 3.13. The molecule has 0 aliphatic carbocycles. The van der Waals surface area contributed by atoms with Gasteiger partial charge < -0.3 is 10.3 Å². The molecular formula is C15H16F3N3. The van der Waals surface area contributed by atoms with E-state index in [9.17, 15) is 13.2 Å². The van der Waals surface area contributed by atoms with Gasteiger partial charge in [-0.15, -0.1) is 0 Å². The van der Waals surface area contributed by atoms with Crippen molar-refractivity contribution in [2.75, 3.05) is 5.73 Å². The van der Waals surface area contributed by atoms with Crippen molar-refractivity contribution in [1.82, 2.24) is 9.55 Å². The van der Waals surface area contributed by atoms with Crippen LogP contribution < -0.4 is 5.73 Å². The molecule has 2 rings (SSSR count). The Morgan fingerprint density at radius 2 is 1.90 bits per heavy atom. The Labute approximate surface area is 120 Å². The number of nitrogens with two attached hydrogens (primary N) is 1. The molecule has 0 atom stereocenters. The van der Waals surface area contributed by atoms with E-state index in [0.717, 1.165) is 11.8 Å². The molecule has 1 aromatic carbocycles. The maximum atomic E-state index is 13.1. The Morgan fingerprint density at radius 1 is 1.24 bits per heavy atom. The van der Waals surface area contributed by atoms with Crippen LogP contribution in [0.5, 0.6) is 0 Å². The third kappa shape index (κ3) is 2.94. The second-order valence-electron chi connectivity index (χ2n) is 4.79. The molecule has 0 aliphatic rings. The Kier molecular flexibility index (Phi) is 3.80. The predicted octanol–water partition coefficient (Wildman–Crippen LogP) is 4.12. The summed E-state index contributed by atoms with van der Waals surface area (Å²) in [4.78, 5) is 4.21. The topological polar surface area (TPSA) is 43.8 Å². The highest BCUT2D eigenvalue weighted by atomic mass is 19.4. The lowest BCUT2D eigenvalue weighted by atomic mass is 10.0. The number of anilines is 1. The third-order valence-corrected chi connectivity index (χ3v) is 3.13. The molecular weight excluding hydrogens is 279 g/mol. The Hall–Kier alpha value is -2.24. The van der Waals surface area contributed by atoms with Gasteiger partial charge in [0, 0.05) is 11.9 Å². The lowest BCUT2D eigenvalue weighted by Crippen LogP contribution is -2.12. The van der Waals surface area contributed by atoms with Gasteiger partial charge in [-0.3, -0.25) is 0 Å². The van der Waals surface area contributed by atoms with Crippen LogP contribution in [0.2, 0.25) is 0 Å². The van der Waals surface area contributed by atoms with E-state index in [2.05, 4.69) is 4.98 Å². The molecule has 3 nitrogen and oxygen atoms in total. The van der Waals surface area contributed by atoms with Crippen LogP contribution in [0.1, 0.15) is 29.6 Å². The molecule has 112 valence electrons. The first kappa shape index (κ1) is 15.2. The van der Waals surface area contributed by atoms with Crippen LogP contribution in [0, 0.1) is 13.8 Å². The first-order valence-electron chi connectivity index (χ1n) is 6.40. The van der Waals surface area contributed by atoms with Gasteiger partial charge in [0.1, 0.15) is 5.82 Å². The SMILES string of the molecule is C/C=C/c1cc(-n2cc(C)nc2C)cc(C(F)(F)F)c1N. The maximum Gasteiger partial charge on any atom is 0.418 e.